The van der Waals surface area contributed by atoms with Gasteiger partial charge in [0.05, 0.1) is 18.5 Å². The van der Waals surface area contributed by atoms with Gasteiger partial charge >= 0.3 is 5.97 Å². The van der Waals surface area contributed by atoms with Gasteiger partial charge in [0, 0.05) is 23.0 Å². The fourth-order valence-electron chi connectivity index (χ4n) is 2.67. The first-order valence-corrected chi connectivity index (χ1v) is 10.1. The number of ether oxygens (including phenoxy) is 1. The smallest absolute Gasteiger partial charge is 0.310 e. The Kier molecular flexibility index (Phi) is 6.72. The Morgan fingerprint density at radius 2 is 1.93 bits per heavy atom. The van der Waals surface area contributed by atoms with Crippen molar-refractivity contribution >= 4 is 28.9 Å². The van der Waals surface area contributed by atoms with Crippen molar-refractivity contribution < 1.29 is 14.3 Å². The average Bonchev–Trinajstić information content (AvgIpc) is 3.12. The Bertz CT molecular complexity index is 1010. The van der Waals surface area contributed by atoms with Crippen LogP contribution in [-0.2, 0) is 33.8 Å². The summed E-state index contributed by atoms with van der Waals surface area (Å²) in [5, 5.41) is 5.42. The number of aryl methyl sites for hydroxylation is 3. The van der Waals surface area contributed by atoms with Crippen LogP contribution in [0.5, 0.6) is 0 Å². The maximum Gasteiger partial charge on any atom is 0.310 e. The van der Waals surface area contributed by atoms with Crippen LogP contribution in [0.3, 0.4) is 0 Å². The van der Waals surface area contributed by atoms with Crippen LogP contribution >= 0.6 is 11.3 Å². The highest BCUT2D eigenvalue weighted by Crippen LogP contribution is 2.18. The summed E-state index contributed by atoms with van der Waals surface area (Å²) in [4.78, 5) is 32.8. The van der Waals surface area contributed by atoms with Gasteiger partial charge < -0.3 is 10.1 Å². The van der Waals surface area contributed by atoms with E-state index in [0.717, 1.165) is 28.1 Å². The monoisotopic (exact) mass is 409 g/mol. The molecule has 6 nitrogen and oxygen atoms in total. The zero-order chi connectivity index (χ0) is 20.8. The Morgan fingerprint density at radius 1 is 1.10 bits per heavy atom. The number of aromatic nitrogens is 2. The number of amides is 1. The number of anilines is 1. The zero-order valence-electron chi connectivity index (χ0n) is 16.7. The van der Waals surface area contributed by atoms with Crippen LogP contribution in [0.2, 0.25) is 0 Å². The minimum Gasteiger partial charge on any atom is -0.459 e. The molecule has 2 aromatic heterocycles. The van der Waals surface area contributed by atoms with E-state index in [4.69, 9.17) is 4.74 Å². The molecule has 3 aromatic rings. The minimum atomic E-state index is -0.335. The standard InChI is InChI=1S/C22H23N3O3S/c1-14-4-5-15(2)19(8-14)25-20(26)10-21-24-18(13-29-21)12-28-22(27)9-17-7-6-16(3)23-11-17/h4-8,11,13H,9-10,12H2,1-3H3,(H,25,26). The number of esters is 1. The third-order valence-corrected chi connectivity index (χ3v) is 5.18. The quantitative estimate of drug-likeness (QED) is 0.598. The fourth-order valence-corrected chi connectivity index (χ4v) is 3.45. The molecule has 150 valence electrons. The van der Waals surface area contributed by atoms with Gasteiger partial charge in [0.2, 0.25) is 5.91 Å². The second kappa shape index (κ2) is 9.43. The molecule has 2 heterocycles. The number of nitrogens with zero attached hydrogens (tertiary/aromatic N) is 2. The van der Waals surface area contributed by atoms with Crippen molar-refractivity contribution in [3.8, 4) is 0 Å². The lowest BCUT2D eigenvalue weighted by molar-refractivity contribution is -0.144. The predicted molar refractivity (Wildman–Crippen MR) is 113 cm³/mol. The number of thiazole rings is 1. The van der Waals surface area contributed by atoms with E-state index in [-0.39, 0.29) is 31.3 Å². The molecule has 0 saturated heterocycles. The van der Waals surface area contributed by atoms with Crippen molar-refractivity contribution in [1.82, 2.24) is 9.97 Å². The average molecular weight is 410 g/mol. The normalized spacial score (nSPS) is 10.6. The molecule has 7 heteroatoms. The molecule has 0 unspecified atom stereocenters. The van der Waals surface area contributed by atoms with Crippen molar-refractivity contribution in [2.75, 3.05) is 5.32 Å². The molecular weight excluding hydrogens is 386 g/mol. The van der Waals surface area contributed by atoms with E-state index in [1.165, 1.54) is 11.3 Å². The van der Waals surface area contributed by atoms with Crippen molar-refractivity contribution in [3.63, 3.8) is 0 Å². The third-order valence-electron chi connectivity index (χ3n) is 4.28. The highest BCUT2D eigenvalue weighted by atomic mass is 32.1. The lowest BCUT2D eigenvalue weighted by Crippen LogP contribution is -2.15. The number of hydrogen-bond donors (Lipinski definition) is 1. The van der Waals surface area contributed by atoms with E-state index in [1.54, 1.807) is 11.6 Å². The minimum absolute atomic E-state index is 0.0905. The van der Waals surface area contributed by atoms with Gasteiger partial charge in [-0.2, -0.15) is 0 Å². The van der Waals surface area contributed by atoms with Crippen LogP contribution in [0.15, 0.2) is 41.9 Å². The van der Waals surface area contributed by atoms with E-state index < -0.39 is 0 Å². The molecule has 1 aromatic carbocycles. The molecule has 0 spiro atoms. The Morgan fingerprint density at radius 3 is 2.69 bits per heavy atom. The van der Waals surface area contributed by atoms with Crippen LogP contribution in [-0.4, -0.2) is 21.8 Å². The molecule has 1 amide bonds. The summed E-state index contributed by atoms with van der Waals surface area (Å²) in [6, 6.07) is 9.66. The number of benzene rings is 1. The van der Waals surface area contributed by atoms with Crippen molar-refractivity contribution in [3.05, 3.63) is 75.0 Å². The van der Waals surface area contributed by atoms with Gasteiger partial charge in [0.1, 0.15) is 11.6 Å². The van der Waals surface area contributed by atoms with E-state index in [2.05, 4.69) is 15.3 Å². The molecule has 0 aliphatic rings. The van der Waals surface area contributed by atoms with Crippen LogP contribution < -0.4 is 5.32 Å². The van der Waals surface area contributed by atoms with Crippen LogP contribution in [0.4, 0.5) is 5.69 Å². The highest BCUT2D eigenvalue weighted by Gasteiger charge is 2.12. The topological polar surface area (TPSA) is 81.2 Å². The largest absolute Gasteiger partial charge is 0.459 e. The van der Waals surface area contributed by atoms with E-state index in [1.807, 2.05) is 51.1 Å². The van der Waals surface area contributed by atoms with Crippen molar-refractivity contribution in [2.24, 2.45) is 0 Å². The molecule has 29 heavy (non-hydrogen) atoms. The summed E-state index contributed by atoms with van der Waals surface area (Å²) in [7, 11) is 0. The maximum atomic E-state index is 12.3. The van der Waals surface area contributed by atoms with E-state index in [9.17, 15) is 9.59 Å². The van der Waals surface area contributed by atoms with E-state index >= 15 is 0 Å². The summed E-state index contributed by atoms with van der Waals surface area (Å²) in [6.45, 7) is 5.92. The number of carbonyl (C=O) groups excluding carboxylic acids is 2. The Labute approximate surface area is 174 Å². The molecule has 0 radical (unpaired) electrons. The number of carbonyl (C=O) groups is 2. The molecule has 0 aliphatic carbocycles. The van der Waals surface area contributed by atoms with Crippen molar-refractivity contribution in [1.29, 1.82) is 0 Å². The number of nitrogens with one attached hydrogen (secondary N) is 1. The first kappa shape index (κ1) is 20.7. The number of hydrogen-bond acceptors (Lipinski definition) is 6. The van der Waals surface area contributed by atoms with E-state index in [0.29, 0.717) is 10.7 Å². The van der Waals surface area contributed by atoms with Gasteiger partial charge in [-0.15, -0.1) is 11.3 Å². The molecular formula is C22H23N3O3S. The third kappa shape index (κ3) is 6.22. The summed E-state index contributed by atoms with van der Waals surface area (Å²) in [5.74, 6) is -0.457. The van der Waals surface area contributed by atoms with Crippen LogP contribution in [0.25, 0.3) is 0 Å². The Hall–Kier alpha value is -3.06. The molecule has 0 fully saturated rings. The maximum absolute atomic E-state index is 12.3. The zero-order valence-corrected chi connectivity index (χ0v) is 17.5. The number of rotatable bonds is 7. The van der Waals surface area contributed by atoms with Crippen LogP contribution in [0, 0.1) is 20.8 Å². The van der Waals surface area contributed by atoms with Gasteiger partial charge in [-0.05, 0) is 49.6 Å². The molecule has 0 atom stereocenters. The van der Waals surface area contributed by atoms with Gasteiger partial charge in [-0.25, -0.2) is 4.98 Å². The first-order valence-electron chi connectivity index (χ1n) is 9.26. The summed E-state index contributed by atoms with van der Waals surface area (Å²) >= 11 is 1.38. The summed E-state index contributed by atoms with van der Waals surface area (Å²) < 4.78 is 5.28. The molecule has 1 N–H and O–H groups in total. The Balaban J connectivity index is 1.48. The lowest BCUT2D eigenvalue weighted by Gasteiger charge is -2.08. The molecule has 0 bridgehead atoms. The van der Waals surface area contributed by atoms with Gasteiger partial charge in [0.15, 0.2) is 0 Å². The molecule has 0 aliphatic heterocycles. The van der Waals surface area contributed by atoms with Gasteiger partial charge in [-0.3, -0.25) is 14.6 Å². The molecule has 0 saturated carbocycles. The lowest BCUT2D eigenvalue weighted by atomic mass is 10.1. The second-order valence-electron chi connectivity index (χ2n) is 6.92. The van der Waals surface area contributed by atoms with Crippen molar-refractivity contribution in [2.45, 2.75) is 40.2 Å². The number of pyridine rings is 1. The van der Waals surface area contributed by atoms with Gasteiger partial charge in [-0.1, -0.05) is 18.2 Å². The van der Waals surface area contributed by atoms with Crippen LogP contribution in [0.1, 0.15) is 33.1 Å². The predicted octanol–water partition coefficient (Wildman–Crippen LogP) is 3.93. The SMILES string of the molecule is Cc1ccc(C)c(NC(=O)Cc2nc(COC(=O)Cc3ccc(C)nc3)cs2)c1. The highest BCUT2D eigenvalue weighted by molar-refractivity contribution is 7.09. The fraction of sp³-hybridized carbons (Fsp3) is 0.273. The second-order valence-corrected chi connectivity index (χ2v) is 7.86. The van der Waals surface area contributed by atoms with Gasteiger partial charge in [0.25, 0.3) is 0 Å². The summed E-state index contributed by atoms with van der Waals surface area (Å²) in [6.07, 6.45) is 2.02. The molecule has 3 rings (SSSR count). The first-order chi connectivity index (χ1) is 13.9. The summed E-state index contributed by atoms with van der Waals surface area (Å²) in [5.41, 5.74) is 5.26.